The molecule has 1 aromatic rings. The minimum Gasteiger partial charge on any atom is -0.504 e. The van der Waals surface area contributed by atoms with Gasteiger partial charge < -0.3 is 15.5 Å². The first-order chi connectivity index (χ1) is 7.06. The van der Waals surface area contributed by atoms with E-state index >= 15 is 0 Å². The normalized spacial score (nSPS) is 11.6. The lowest BCUT2D eigenvalue weighted by Crippen LogP contribution is -2.33. The van der Waals surface area contributed by atoms with E-state index in [1.807, 2.05) is 6.92 Å². The number of carbonyl (C=O) groups excluding carboxylic acids is 1. The zero-order chi connectivity index (χ0) is 11.4. The van der Waals surface area contributed by atoms with Crippen LogP contribution in [-0.2, 0) is 0 Å². The van der Waals surface area contributed by atoms with Crippen LogP contribution in [0.4, 0.5) is 0 Å². The topological polar surface area (TPSA) is 69.6 Å². The Morgan fingerprint density at radius 2 is 2.00 bits per heavy atom. The highest BCUT2D eigenvalue weighted by molar-refractivity contribution is 6.00. The third-order valence-electron chi connectivity index (χ3n) is 2.16. The van der Waals surface area contributed by atoms with Gasteiger partial charge in [0.2, 0.25) is 0 Å². The van der Waals surface area contributed by atoms with Gasteiger partial charge in [-0.15, -0.1) is 12.4 Å². The van der Waals surface area contributed by atoms with Gasteiger partial charge in [0.15, 0.2) is 17.3 Å². The molecule has 0 heterocycles. The molecule has 0 saturated heterocycles. The van der Waals surface area contributed by atoms with Crippen molar-refractivity contribution in [2.45, 2.75) is 19.9 Å². The minimum atomic E-state index is -0.293. The summed E-state index contributed by atoms with van der Waals surface area (Å²) in [4.78, 5) is 11.7. The van der Waals surface area contributed by atoms with Crippen molar-refractivity contribution in [2.75, 3.05) is 6.54 Å². The Morgan fingerprint density at radius 3 is 2.50 bits per heavy atom. The maximum Gasteiger partial charge on any atom is 0.179 e. The number of nitrogens with one attached hydrogen (secondary N) is 1. The predicted octanol–water partition coefficient (Wildman–Crippen LogP) is 1.70. The third kappa shape index (κ3) is 3.40. The molecule has 16 heavy (non-hydrogen) atoms. The molecule has 1 rings (SSSR count). The van der Waals surface area contributed by atoms with Crippen LogP contribution in [0.25, 0.3) is 0 Å². The van der Waals surface area contributed by atoms with Gasteiger partial charge >= 0.3 is 0 Å². The number of hydrogen-bond donors (Lipinski definition) is 3. The Balaban J connectivity index is 0.00000225. The van der Waals surface area contributed by atoms with Crippen LogP contribution in [0, 0.1) is 0 Å². The number of aromatic hydroxyl groups is 2. The van der Waals surface area contributed by atoms with Crippen LogP contribution in [-0.4, -0.2) is 28.6 Å². The number of halogens is 1. The standard InChI is InChI=1S/C11H15NO3.ClH/c1-3-12-7(2)11(15)8-4-5-9(13)10(14)6-8;/h4-7,12-14H,3H2,1-2H3;1H. The van der Waals surface area contributed by atoms with Crippen molar-refractivity contribution in [1.82, 2.24) is 5.32 Å². The molecule has 5 heteroatoms. The van der Waals surface area contributed by atoms with E-state index in [0.29, 0.717) is 12.1 Å². The van der Waals surface area contributed by atoms with E-state index in [-0.39, 0.29) is 35.7 Å². The summed E-state index contributed by atoms with van der Waals surface area (Å²) in [6.07, 6.45) is 0. The number of phenolic OH excluding ortho intramolecular Hbond substituents is 2. The lowest BCUT2D eigenvalue weighted by Gasteiger charge is -2.11. The lowest BCUT2D eigenvalue weighted by molar-refractivity contribution is 0.0951. The van der Waals surface area contributed by atoms with Gasteiger partial charge in [0, 0.05) is 5.56 Å². The van der Waals surface area contributed by atoms with E-state index in [2.05, 4.69) is 5.32 Å². The maximum absolute atomic E-state index is 11.7. The first-order valence-electron chi connectivity index (χ1n) is 4.85. The summed E-state index contributed by atoms with van der Waals surface area (Å²) in [5.41, 5.74) is 0.388. The fourth-order valence-electron chi connectivity index (χ4n) is 1.33. The Hall–Kier alpha value is -1.26. The first-order valence-corrected chi connectivity index (χ1v) is 4.85. The quantitative estimate of drug-likeness (QED) is 0.558. The third-order valence-corrected chi connectivity index (χ3v) is 2.16. The first kappa shape index (κ1) is 14.7. The van der Waals surface area contributed by atoms with Crippen LogP contribution in [0.5, 0.6) is 11.5 Å². The molecule has 0 aromatic heterocycles. The average Bonchev–Trinajstić information content (AvgIpc) is 2.21. The summed E-state index contributed by atoms with van der Waals surface area (Å²) in [5, 5.41) is 21.3. The average molecular weight is 246 g/mol. The second-order valence-corrected chi connectivity index (χ2v) is 3.35. The van der Waals surface area contributed by atoms with Crippen LogP contribution in [0.3, 0.4) is 0 Å². The van der Waals surface area contributed by atoms with Gasteiger partial charge in [-0.25, -0.2) is 0 Å². The van der Waals surface area contributed by atoms with Crippen molar-refractivity contribution in [3.8, 4) is 11.5 Å². The van der Waals surface area contributed by atoms with Gasteiger partial charge in [0.25, 0.3) is 0 Å². The Labute approximate surface area is 101 Å². The number of benzene rings is 1. The molecule has 0 aliphatic carbocycles. The van der Waals surface area contributed by atoms with E-state index < -0.39 is 0 Å². The molecule has 0 aliphatic heterocycles. The monoisotopic (exact) mass is 245 g/mol. The number of Topliss-reactive ketones (excluding diaryl/α,β-unsaturated/α-hetero) is 1. The molecular formula is C11H16ClNO3. The summed E-state index contributed by atoms with van der Waals surface area (Å²) in [6, 6.07) is 3.77. The smallest absolute Gasteiger partial charge is 0.179 e. The highest BCUT2D eigenvalue weighted by atomic mass is 35.5. The number of carbonyl (C=O) groups is 1. The molecule has 0 spiro atoms. The van der Waals surface area contributed by atoms with Crippen LogP contribution < -0.4 is 5.32 Å². The number of phenols is 2. The van der Waals surface area contributed by atoms with Gasteiger partial charge in [-0.1, -0.05) is 6.92 Å². The lowest BCUT2D eigenvalue weighted by atomic mass is 10.0. The number of likely N-dealkylation sites (N-methyl/N-ethyl adjacent to an activating group) is 1. The van der Waals surface area contributed by atoms with Crippen molar-refractivity contribution < 1.29 is 15.0 Å². The second-order valence-electron chi connectivity index (χ2n) is 3.35. The fraction of sp³-hybridized carbons (Fsp3) is 0.364. The predicted molar refractivity (Wildman–Crippen MR) is 64.5 cm³/mol. The largest absolute Gasteiger partial charge is 0.504 e. The van der Waals surface area contributed by atoms with Crippen molar-refractivity contribution in [2.24, 2.45) is 0 Å². The van der Waals surface area contributed by atoms with Gasteiger partial charge in [-0.3, -0.25) is 4.79 Å². The zero-order valence-electron chi connectivity index (χ0n) is 9.23. The Kier molecular flexibility index (Phi) is 5.85. The van der Waals surface area contributed by atoms with Gasteiger partial charge in [-0.2, -0.15) is 0 Å². The molecule has 0 saturated carbocycles. The zero-order valence-corrected chi connectivity index (χ0v) is 10.0. The van der Waals surface area contributed by atoms with Crippen LogP contribution in [0.15, 0.2) is 18.2 Å². The van der Waals surface area contributed by atoms with Crippen molar-refractivity contribution in [3.05, 3.63) is 23.8 Å². The van der Waals surface area contributed by atoms with Crippen LogP contribution in [0.1, 0.15) is 24.2 Å². The summed E-state index contributed by atoms with van der Waals surface area (Å²) < 4.78 is 0. The molecule has 1 atom stereocenters. The van der Waals surface area contributed by atoms with Crippen LogP contribution >= 0.6 is 12.4 Å². The molecule has 4 nitrogen and oxygen atoms in total. The van der Waals surface area contributed by atoms with Crippen molar-refractivity contribution in [1.29, 1.82) is 0 Å². The number of hydrogen-bond acceptors (Lipinski definition) is 4. The SMILES string of the molecule is CCNC(C)C(=O)c1ccc(O)c(O)c1.Cl. The maximum atomic E-state index is 11.7. The summed E-state index contributed by atoms with van der Waals surface area (Å²) in [6.45, 7) is 4.38. The fourth-order valence-corrected chi connectivity index (χ4v) is 1.33. The molecule has 1 unspecified atom stereocenters. The van der Waals surface area contributed by atoms with E-state index in [1.165, 1.54) is 18.2 Å². The molecule has 90 valence electrons. The molecular weight excluding hydrogens is 230 g/mol. The molecule has 0 bridgehead atoms. The number of ketones is 1. The molecule has 0 radical (unpaired) electrons. The second kappa shape index (κ2) is 6.35. The van der Waals surface area contributed by atoms with E-state index in [4.69, 9.17) is 5.11 Å². The van der Waals surface area contributed by atoms with Gasteiger partial charge in [0.1, 0.15) is 0 Å². The highest BCUT2D eigenvalue weighted by Crippen LogP contribution is 2.25. The summed E-state index contributed by atoms with van der Waals surface area (Å²) in [7, 11) is 0. The van der Waals surface area contributed by atoms with E-state index in [0.717, 1.165) is 0 Å². The van der Waals surface area contributed by atoms with Crippen molar-refractivity contribution in [3.63, 3.8) is 0 Å². The Morgan fingerprint density at radius 1 is 1.38 bits per heavy atom. The van der Waals surface area contributed by atoms with Crippen molar-refractivity contribution >= 4 is 18.2 Å². The summed E-state index contributed by atoms with van der Waals surface area (Å²) in [5.74, 6) is -0.598. The molecule has 0 amide bonds. The van der Waals surface area contributed by atoms with Gasteiger partial charge in [0.05, 0.1) is 6.04 Å². The van der Waals surface area contributed by atoms with E-state index in [1.54, 1.807) is 6.92 Å². The van der Waals surface area contributed by atoms with Crippen LogP contribution in [0.2, 0.25) is 0 Å². The molecule has 3 N–H and O–H groups in total. The minimum absolute atomic E-state index is 0. The molecule has 1 aromatic carbocycles. The number of rotatable bonds is 4. The summed E-state index contributed by atoms with van der Waals surface area (Å²) >= 11 is 0. The molecule has 0 aliphatic rings. The molecule has 0 fully saturated rings. The Bertz CT molecular complexity index is 368. The van der Waals surface area contributed by atoms with Gasteiger partial charge in [-0.05, 0) is 31.7 Å². The highest BCUT2D eigenvalue weighted by Gasteiger charge is 2.15. The van der Waals surface area contributed by atoms with E-state index in [9.17, 15) is 9.90 Å².